The van der Waals surface area contributed by atoms with Gasteiger partial charge in [0.05, 0.1) is 0 Å². The molecule has 1 aliphatic heterocycles. The lowest BCUT2D eigenvalue weighted by Crippen LogP contribution is -2.30. The number of rotatable bonds is 6. The first-order valence-corrected chi connectivity index (χ1v) is 7.56. The summed E-state index contributed by atoms with van der Waals surface area (Å²) >= 11 is 0. The highest BCUT2D eigenvalue weighted by atomic mass is 19.1. The van der Waals surface area contributed by atoms with E-state index in [4.69, 9.17) is 0 Å². The Bertz CT molecular complexity index is 453. The van der Waals surface area contributed by atoms with Crippen LogP contribution in [0.2, 0.25) is 0 Å². The predicted octanol–water partition coefficient (Wildman–Crippen LogP) is 2.40. The maximum absolute atomic E-state index is 13.0. The summed E-state index contributed by atoms with van der Waals surface area (Å²) in [5.41, 5.74) is 0.561. The molecule has 1 aliphatic rings. The second-order valence-electron chi connectivity index (χ2n) is 5.61. The summed E-state index contributed by atoms with van der Waals surface area (Å²) in [6, 6.07) is 3.44. The molecule has 2 N–H and O–H groups in total. The van der Waals surface area contributed by atoms with Gasteiger partial charge < -0.3 is 10.6 Å². The van der Waals surface area contributed by atoms with Crippen LogP contribution in [0, 0.1) is 17.6 Å². The van der Waals surface area contributed by atoms with Gasteiger partial charge in [0.1, 0.15) is 11.6 Å². The molecule has 2 rings (SSSR count). The highest BCUT2D eigenvalue weighted by Crippen LogP contribution is 2.17. The summed E-state index contributed by atoms with van der Waals surface area (Å²) in [5, 5.41) is 6.11. The zero-order valence-electron chi connectivity index (χ0n) is 12.1. The number of benzene rings is 1. The fourth-order valence-electron chi connectivity index (χ4n) is 2.70. The standard InChI is InChI=1S/C16H22F2N2O/c17-14-9-13(10-15(18)11-14)5-8-20-16(21)2-1-12-3-6-19-7-4-12/h9-12,19H,1-8H2,(H,20,21). The van der Waals surface area contributed by atoms with Crippen LogP contribution in [0.3, 0.4) is 0 Å². The molecule has 0 spiro atoms. The van der Waals surface area contributed by atoms with E-state index < -0.39 is 11.6 Å². The number of piperidine rings is 1. The molecule has 1 fully saturated rings. The van der Waals surface area contributed by atoms with Crippen molar-refractivity contribution in [1.82, 2.24) is 10.6 Å². The minimum atomic E-state index is -0.581. The van der Waals surface area contributed by atoms with Crippen LogP contribution in [0.1, 0.15) is 31.2 Å². The van der Waals surface area contributed by atoms with Gasteiger partial charge in [0.2, 0.25) is 5.91 Å². The molecule has 1 aromatic carbocycles. The largest absolute Gasteiger partial charge is 0.356 e. The van der Waals surface area contributed by atoms with Crippen molar-refractivity contribution in [2.75, 3.05) is 19.6 Å². The topological polar surface area (TPSA) is 41.1 Å². The number of amides is 1. The third-order valence-corrected chi connectivity index (χ3v) is 3.90. The summed E-state index contributed by atoms with van der Waals surface area (Å²) < 4.78 is 26.0. The summed E-state index contributed by atoms with van der Waals surface area (Å²) in [6.07, 6.45) is 4.16. The summed E-state index contributed by atoms with van der Waals surface area (Å²) in [5.74, 6) is -0.510. The van der Waals surface area contributed by atoms with E-state index in [2.05, 4.69) is 10.6 Å². The predicted molar refractivity (Wildman–Crippen MR) is 77.9 cm³/mol. The monoisotopic (exact) mass is 296 g/mol. The second-order valence-corrected chi connectivity index (χ2v) is 5.61. The fourth-order valence-corrected chi connectivity index (χ4v) is 2.70. The number of halogens is 2. The van der Waals surface area contributed by atoms with Crippen LogP contribution < -0.4 is 10.6 Å². The number of nitrogens with one attached hydrogen (secondary N) is 2. The Balaban J connectivity index is 1.64. The van der Waals surface area contributed by atoms with Crippen molar-refractivity contribution < 1.29 is 13.6 Å². The third-order valence-electron chi connectivity index (χ3n) is 3.90. The minimum absolute atomic E-state index is 0.0189. The highest BCUT2D eigenvalue weighted by molar-refractivity contribution is 5.75. The molecule has 1 amide bonds. The molecular weight excluding hydrogens is 274 g/mol. The van der Waals surface area contributed by atoms with Gasteiger partial charge >= 0.3 is 0 Å². The van der Waals surface area contributed by atoms with Gasteiger partial charge in [0, 0.05) is 19.0 Å². The Morgan fingerprint density at radius 2 is 1.86 bits per heavy atom. The summed E-state index contributed by atoms with van der Waals surface area (Å²) in [4.78, 5) is 11.7. The Morgan fingerprint density at radius 3 is 2.52 bits per heavy atom. The van der Waals surface area contributed by atoms with Crippen molar-refractivity contribution in [1.29, 1.82) is 0 Å². The molecule has 0 radical (unpaired) electrons. The van der Waals surface area contributed by atoms with Gasteiger partial charge in [0.25, 0.3) is 0 Å². The van der Waals surface area contributed by atoms with Crippen LogP contribution in [0.4, 0.5) is 8.78 Å². The first-order valence-electron chi connectivity index (χ1n) is 7.56. The quantitative estimate of drug-likeness (QED) is 0.846. The zero-order valence-corrected chi connectivity index (χ0v) is 12.1. The lowest BCUT2D eigenvalue weighted by atomic mass is 9.93. The van der Waals surface area contributed by atoms with E-state index in [0.29, 0.717) is 30.9 Å². The average molecular weight is 296 g/mol. The first kappa shape index (κ1) is 15.9. The Kier molecular flexibility index (Phi) is 6.11. The maximum Gasteiger partial charge on any atom is 0.220 e. The van der Waals surface area contributed by atoms with Crippen molar-refractivity contribution in [3.63, 3.8) is 0 Å². The van der Waals surface area contributed by atoms with E-state index in [9.17, 15) is 13.6 Å². The summed E-state index contributed by atoms with van der Waals surface area (Å²) in [6.45, 7) is 2.49. The average Bonchev–Trinajstić information content (AvgIpc) is 2.45. The molecule has 116 valence electrons. The first-order chi connectivity index (χ1) is 10.1. The van der Waals surface area contributed by atoms with Gasteiger partial charge in [-0.15, -0.1) is 0 Å². The van der Waals surface area contributed by atoms with Crippen molar-refractivity contribution in [2.24, 2.45) is 5.92 Å². The number of hydrogen-bond donors (Lipinski definition) is 2. The van der Waals surface area contributed by atoms with E-state index in [1.165, 1.54) is 12.1 Å². The lowest BCUT2D eigenvalue weighted by molar-refractivity contribution is -0.121. The number of hydrogen-bond acceptors (Lipinski definition) is 2. The molecule has 0 unspecified atom stereocenters. The molecular formula is C16H22F2N2O. The third kappa shape index (κ3) is 5.79. The Labute approximate surface area is 124 Å². The highest BCUT2D eigenvalue weighted by Gasteiger charge is 2.14. The molecule has 21 heavy (non-hydrogen) atoms. The van der Waals surface area contributed by atoms with Crippen molar-refractivity contribution >= 4 is 5.91 Å². The Morgan fingerprint density at radius 1 is 1.19 bits per heavy atom. The molecule has 0 saturated carbocycles. The van der Waals surface area contributed by atoms with Crippen molar-refractivity contribution in [2.45, 2.75) is 32.1 Å². The van der Waals surface area contributed by atoms with Crippen LogP contribution in [0.5, 0.6) is 0 Å². The van der Waals surface area contributed by atoms with Crippen molar-refractivity contribution in [3.05, 3.63) is 35.4 Å². The number of carbonyl (C=O) groups is 1. The second kappa shape index (κ2) is 8.08. The van der Waals surface area contributed by atoms with Crippen LogP contribution >= 0.6 is 0 Å². The minimum Gasteiger partial charge on any atom is -0.356 e. The van der Waals surface area contributed by atoms with E-state index in [0.717, 1.165) is 38.4 Å². The molecule has 0 aromatic heterocycles. The van der Waals surface area contributed by atoms with Crippen LogP contribution in [0.15, 0.2) is 18.2 Å². The SMILES string of the molecule is O=C(CCC1CCNCC1)NCCc1cc(F)cc(F)c1. The molecule has 1 aromatic rings. The molecule has 3 nitrogen and oxygen atoms in total. The maximum atomic E-state index is 13.0. The van der Waals surface area contributed by atoms with Gasteiger partial charge in [0.15, 0.2) is 0 Å². The van der Waals surface area contributed by atoms with Crippen molar-refractivity contribution in [3.8, 4) is 0 Å². The van der Waals surface area contributed by atoms with E-state index in [1.807, 2.05) is 0 Å². The molecule has 5 heteroatoms. The van der Waals surface area contributed by atoms with E-state index in [-0.39, 0.29) is 5.91 Å². The lowest BCUT2D eigenvalue weighted by Gasteiger charge is -2.22. The zero-order chi connectivity index (χ0) is 15.1. The Hall–Kier alpha value is -1.49. The number of carbonyl (C=O) groups excluding carboxylic acids is 1. The van der Waals surface area contributed by atoms with Gasteiger partial charge in [-0.25, -0.2) is 8.78 Å². The molecule has 0 atom stereocenters. The molecule has 1 heterocycles. The van der Waals surface area contributed by atoms with Gasteiger partial charge in [-0.05, 0) is 62.4 Å². The van der Waals surface area contributed by atoms with Gasteiger partial charge in [-0.3, -0.25) is 4.79 Å². The molecule has 0 aliphatic carbocycles. The molecule has 0 bridgehead atoms. The van der Waals surface area contributed by atoms with Gasteiger partial charge in [-0.2, -0.15) is 0 Å². The smallest absolute Gasteiger partial charge is 0.220 e. The van der Waals surface area contributed by atoms with Crippen LogP contribution in [0.25, 0.3) is 0 Å². The van der Waals surface area contributed by atoms with E-state index in [1.54, 1.807) is 0 Å². The summed E-state index contributed by atoms with van der Waals surface area (Å²) in [7, 11) is 0. The fraction of sp³-hybridized carbons (Fsp3) is 0.562. The van der Waals surface area contributed by atoms with Gasteiger partial charge in [-0.1, -0.05) is 0 Å². The van der Waals surface area contributed by atoms with E-state index >= 15 is 0 Å². The molecule has 1 saturated heterocycles. The van der Waals surface area contributed by atoms with Crippen LogP contribution in [-0.4, -0.2) is 25.5 Å². The van der Waals surface area contributed by atoms with Crippen LogP contribution in [-0.2, 0) is 11.2 Å². The normalized spacial score (nSPS) is 15.9.